The molecule has 0 aliphatic carbocycles. The van der Waals surface area contributed by atoms with Crippen LogP contribution in [0.2, 0.25) is 5.02 Å². The highest BCUT2D eigenvalue weighted by atomic mass is 35.5. The number of hydrogen-bond acceptors (Lipinski definition) is 2. The fourth-order valence-corrected chi connectivity index (χ4v) is 4.90. The van der Waals surface area contributed by atoms with Gasteiger partial charge in [-0.3, -0.25) is 0 Å². The van der Waals surface area contributed by atoms with E-state index in [1.807, 2.05) is 30.3 Å². The number of halogens is 1. The van der Waals surface area contributed by atoms with E-state index in [2.05, 4.69) is 83.2 Å². The molecule has 3 rings (SSSR count). The van der Waals surface area contributed by atoms with Gasteiger partial charge in [0.05, 0.1) is 18.7 Å². The first-order valence-electron chi connectivity index (χ1n) is 12.4. The zero-order valence-electron chi connectivity index (χ0n) is 22.0. The predicted molar refractivity (Wildman–Crippen MR) is 147 cm³/mol. The predicted octanol–water partition coefficient (Wildman–Crippen LogP) is 8.99. The second-order valence-electron chi connectivity index (χ2n) is 11.3. The fraction of sp³-hybridized carbons (Fsp3) is 0.406. The van der Waals surface area contributed by atoms with E-state index in [0.717, 1.165) is 36.5 Å². The molecule has 3 aromatic rings. The van der Waals surface area contributed by atoms with Crippen molar-refractivity contribution < 1.29 is 4.74 Å². The molecule has 0 fully saturated rings. The Morgan fingerprint density at radius 1 is 0.714 bits per heavy atom. The molecule has 0 radical (unpaired) electrons. The van der Waals surface area contributed by atoms with E-state index in [1.165, 1.54) is 16.7 Å². The lowest BCUT2D eigenvalue weighted by molar-refractivity contribution is 0.301. The molecule has 3 aromatic carbocycles. The number of methoxy groups -OCH3 is 1. The van der Waals surface area contributed by atoms with Crippen molar-refractivity contribution in [1.29, 1.82) is 5.26 Å². The van der Waals surface area contributed by atoms with Crippen molar-refractivity contribution in [2.45, 2.75) is 76.5 Å². The van der Waals surface area contributed by atoms with Crippen LogP contribution in [-0.4, -0.2) is 7.11 Å². The first kappa shape index (κ1) is 26.8. The number of benzene rings is 3. The topological polar surface area (TPSA) is 33.0 Å². The number of rotatable bonds is 10. The minimum absolute atomic E-state index is 0.00803. The highest BCUT2D eigenvalue weighted by molar-refractivity contribution is 6.30. The lowest BCUT2D eigenvalue weighted by Gasteiger charge is -2.37. The van der Waals surface area contributed by atoms with E-state index in [9.17, 15) is 5.26 Å². The molecule has 0 saturated carbocycles. The molecule has 35 heavy (non-hydrogen) atoms. The summed E-state index contributed by atoms with van der Waals surface area (Å²) < 4.78 is 5.48. The second kappa shape index (κ2) is 10.9. The fourth-order valence-electron chi connectivity index (χ4n) is 4.77. The van der Waals surface area contributed by atoms with Crippen molar-refractivity contribution >= 4 is 11.6 Å². The summed E-state index contributed by atoms with van der Waals surface area (Å²) in [6, 6.07) is 27.1. The number of nitrogens with zero attached hydrogens (tertiary/aromatic N) is 1. The molecule has 0 aromatic heterocycles. The molecule has 184 valence electrons. The van der Waals surface area contributed by atoms with E-state index >= 15 is 0 Å². The van der Waals surface area contributed by atoms with Gasteiger partial charge in [0, 0.05) is 5.02 Å². The van der Waals surface area contributed by atoms with E-state index in [-0.39, 0.29) is 16.2 Å². The maximum atomic E-state index is 9.30. The largest absolute Gasteiger partial charge is 0.497 e. The summed E-state index contributed by atoms with van der Waals surface area (Å²) in [5.41, 5.74) is 4.61. The summed E-state index contributed by atoms with van der Waals surface area (Å²) in [6.45, 7) is 11.6. The van der Waals surface area contributed by atoms with Gasteiger partial charge in [-0.2, -0.15) is 5.26 Å². The Morgan fingerprint density at radius 2 is 1.26 bits per heavy atom. The summed E-state index contributed by atoms with van der Waals surface area (Å²) in [5, 5.41) is 10.1. The zero-order valence-corrected chi connectivity index (χ0v) is 22.7. The number of ether oxygens (including phenoxy) is 1. The van der Waals surface area contributed by atoms with Crippen LogP contribution in [0.4, 0.5) is 0 Å². The van der Waals surface area contributed by atoms with Gasteiger partial charge in [-0.05, 0) is 95.0 Å². The van der Waals surface area contributed by atoms with Crippen molar-refractivity contribution in [2.24, 2.45) is 0 Å². The summed E-state index contributed by atoms with van der Waals surface area (Å²) in [4.78, 5) is 0. The molecule has 0 bridgehead atoms. The van der Waals surface area contributed by atoms with Gasteiger partial charge in [0.2, 0.25) is 0 Å². The number of nitriles is 1. The molecular weight excluding hydrogens is 450 g/mol. The maximum Gasteiger partial charge on any atom is 0.119 e. The third-order valence-corrected chi connectivity index (χ3v) is 8.04. The van der Waals surface area contributed by atoms with Gasteiger partial charge in [0.15, 0.2) is 0 Å². The molecule has 0 aliphatic rings. The third kappa shape index (κ3) is 6.68. The van der Waals surface area contributed by atoms with Crippen molar-refractivity contribution in [3.8, 4) is 11.8 Å². The van der Waals surface area contributed by atoms with E-state index < -0.39 is 0 Å². The zero-order chi connectivity index (χ0) is 25.7. The van der Waals surface area contributed by atoms with E-state index in [4.69, 9.17) is 16.3 Å². The first-order valence-corrected chi connectivity index (χ1v) is 12.8. The van der Waals surface area contributed by atoms with Crippen LogP contribution in [0.1, 0.15) is 82.6 Å². The van der Waals surface area contributed by atoms with Crippen LogP contribution in [-0.2, 0) is 16.2 Å². The van der Waals surface area contributed by atoms with Crippen LogP contribution in [0.25, 0.3) is 0 Å². The molecule has 1 atom stereocenters. The van der Waals surface area contributed by atoms with Crippen molar-refractivity contribution in [3.05, 3.63) is 100 Å². The second-order valence-corrected chi connectivity index (χ2v) is 11.7. The Morgan fingerprint density at radius 3 is 1.80 bits per heavy atom. The molecule has 0 N–H and O–H groups in total. The minimum Gasteiger partial charge on any atom is -0.497 e. The van der Waals surface area contributed by atoms with Gasteiger partial charge in [-0.25, -0.2) is 0 Å². The monoisotopic (exact) mass is 487 g/mol. The van der Waals surface area contributed by atoms with Crippen LogP contribution < -0.4 is 4.74 Å². The van der Waals surface area contributed by atoms with Gasteiger partial charge < -0.3 is 4.74 Å². The Bertz CT molecular complexity index is 1160. The maximum absolute atomic E-state index is 9.30. The summed E-state index contributed by atoms with van der Waals surface area (Å²) >= 11 is 6.14. The highest BCUT2D eigenvalue weighted by Gasteiger charge is 2.33. The molecular formula is C32H38ClNO. The average Bonchev–Trinajstić information content (AvgIpc) is 2.87. The Labute approximate surface area is 216 Å². The summed E-state index contributed by atoms with van der Waals surface area (Å²) in [5.74, 6) is 0.898. The average molecular weight is 488 g/mol. The molecule has 0 heterocycles. The van der Waals surface area contributed by atoms with Crippen LogP contribution in [0, 0.1) is 11.3 Å². The standard InChI is InChI=1S/C32H38ClNO/c1-30(2,25-14-16-28(33)17-15-25)18-20-32(5,26-12-10-24(23-34)11-13-26)21-19-31(3,4)27-8-7-9-29(22-27)35-6/h7-17,22H,18-21H2,1-6H3. The van der Waals surface area contributed by atoms with Gasteiger partial charge in [0.1, 0.15) is 5.75 Å². The first-order chi connectivity index (χ1) is 16.5. The third-order valence-electron chi connectivity index (χ3n) is 7.79. The van der Waals surface area contributed by atoms with Crippen molar-refractivity contribution in [3.63, 3.8) is 0 Å². The Balaban J connectivity index is 1.86. The Kier molecular flexibility index (Phi) is 8.34. The van der Waals surface area contributed by atoms with Crippen LogP contribution >= 0.6 is 11.6 Å². The highest BCUT2D eigenvalue weighted by Crippen LogP contribution is 2.42. The lowest BCUT2D eigenvalue weighted by Crippen LogP contribution is -2.30. The molecule has 0 spiro atoms. The quantitative estimate of drug-likeness (QED) is 0.285. The van der Waals surface area contributed by atoms with Gasteiger partial charge >= 0.3 is 0 Å². The van der Waals surface area contributed by atoms with E-state index in [0.29, 0.717) is 5.56 Å². The minimum atomic E-state index is -0.0200. The smallest absolute Gasteiger partial charge is 0.119 e. The van der Waals surface area contributed by atoms with E-state index in [1.54, 1.807) is 7.11 Å². The lowest BCUT2D eigenvalue weighted by atomic mass is 9.67. The van der Waals surface area contributed by atoms with Gasteiger partial charge in [0.25, 0.3) is 0 Å². The normalized spacial score (nSPS) is 13.7. The molecule has 0 saturated heterocycles. The van der Waals surface area contributed by atoms with Gasteiger partial charge in [-0.1, -0.05) is 82.6 Å². The molecule has 1 unspecified atom stereocenters. The van der Waals surface area contributed by atoms with Crippen LogP contribution in [0.3, 0.4) is 0 Å². The molecule has 0 amide bonds. The van der Waals surface area contributed by atoms with Crippen molar-refractivity contribution in [2.75, 3.05) is 7.11 Å². The molecule has 0 aliphatic heterocycles. The summed E-state index contributed by atoms with van der Waals surface area (Å²) in [7, 11) is 1.72. The molecule has 3 heteroatoms. The Hall–Kier alpha value is -2.76. The van der Waals surface area contributed by atoms with Crippen molar-refractivity contribution in [1.82, 2.24) is 0 Å². The van der Waals surface area contributed by atoms with Crippen LogP contribution in [0.5, 0.6) is 5.75 Å². The number of hydrogen-bond donors (Lipinski definition) is 0. The van der Waals surface area contributed by atoms with Crippen LogP contribution in [0.15, 0.2) is 72.8 Å². The summed E-state index contributed by atoms with van der Waals surface area (Å²) in [6.07, 6.45) is 4.17. The van der Waals surface area contributed by atoms with Gasteiger partial charge in [-0.15, -0.1) is 0 Å². The molecule has 2 nitrogen and oxygen atoms in total. The SMILES string of the molecule is COc1cccc(C(C)(C)CCC(C)(CCC(C)(C)c2ccc(Cl)cc2)c2ccc(C#N)cc2)c1.